The standard InChI is InChI=1S/C14H12BrN3/c15-12-6-10(7-17-8-12)9-18-5-4-11-2-1-3-13(16)14(11)18/h1-8H,9,16H2. The van der Waals surface area contributed by atoms with Crippen molar-refractivity contribution in [2.45, 2.75) is 6.54 Å². The first-order valence-electron chi connectivity index (χ1n) is 5.67. The van der Waals surface area contributed by atoms with Gasteiger partial charge in [0.1, 0.15) is 0 Å². The fourth-order valence-corrected chi connectivity index (χ4v) is 2.57. The summed E-state index contributed by atoms with van der Waals surface area (Å²) in [5, 5.41) is 1.16. The Bertz CT molecular complexity index is 703. The highest BCUT2D eigenvalue weighted by molar-refractivity contribution is 9.10. The molecule has 4 heteroatoms. The largest absolute Gasteiger partial charge is 0.397 e. The van der Waals surface area contributed by atoms with E-state index in [4.69, 9.17) is 5.73 Å². The van der Waals surface area contributed by atoms with Gasteiger partial charge in [-0.15, -0.1) is 0 Å². The highest BCUT2D eigenvalue weighted by Crippen LogP contribution is 2.23. The fourth-order valence-electron chi connectivity index (χ4n) is 2.16. The summed E-state index contributed by atoms with van der Waals surface area (Å²) in [5.74, 6) is 0. The molecule has 0 fully saturated rings. The second-order valence-corrected chi connectivity index (χ2v) is 5.16. The predicted octanol–water partition coefficient (Wildman–Crippen LogP) is 3.43. The number of fused-ring (bicyclic) bond motifs is 1. The van der Waals surface area contributed by atoms with Gasteiger partial charge < -0.3 is 10.3 Å². The van der Waals surface area contributed by atoms with E-state index in [2.05, 4.69) is 49.9 Å². The molecule has 3 nitrogen and oxygen atoms in total. The van der Waals surface area contributed by atoms with Crippen LogP contribution in [0.2, 0.25) is 0 Å². The summed E-state index contributed by atoms with van der Waals surface area (Å²) in [4.78, 5) is 4.18. The molecule has 2 N–H and O–H groups in total. The van der Waals surface area contributed by atoms with E-state index in [-0.39, 0.29) is 0 Å². The van der Waals surface area contributed by atoms with Crippen molar-refractivity contribution in [2.75, 3.05) is 5.73 Å². The monoisotopic (exact) mass is 301 g/mol. The minimum Gasteiger partial charge on any atom is -0.397 e. The molecular formula is C14H12BrN3. The Morgan fingerprint density at radius 2 is 2.11 bits per heavy atom. The van der Waals surface area contributed by atoms with Crippen LogP contribution in [-0.2, 0) is 6.54 Å². The van der Waals surface area contributed by atoms with E-state index in [1.54, 1.807) is 6.20 Å². The second-order valence-electron chi connectivity index (χ2n) is 4.24. The summed E-state index contributed by atoms with van der Waals surface area (Å²) in [6.45, 7) is 0.768. The number of anilines is 1. The van der Waals surface area contributed by atoms with Crippen LogP contribution in [0, 0.1) is 0 Å². The van der Waals surface area contributed by atoms with Crippen LogP contribution in [0.15, 0.2) is 53.4 Å². The lowest BCUT2D eigenvalue weighted by atomic mass is 10.2. The molecule has 0 radical (unpaired) electrons. The van der Waals surface area contributed by atoms with Gasteiger partial charge in [-0.2, -0.15) is 0 Å². The summed E-state index contributed by atoms with van der Waals surface area (Å²) in [7, 11) is 0. The van der Waals surface area contributed by atoms with Gasteiger partial charge in [-0.1, -0.05) is 12.1 Å². The smallest absolute Gasteiger partial charge is 0.0716 e. The molecule has 0 saturated carbocycles. The molecule has 0 aliphatic rings. The molecule has 3 rings (SSSR count). The Hall–Kier alpha value is -1.81. The minimum atomic E-state index is 0.768. The number of nitrogens with two attached hydrogens (primary N) is 1. The SMILES string of the molecule is Nc1cccc2ccn(Cc3cncc(Br)c3)c12. The highest BCUT2D eigenvalue weighted by Gasteiger charge is 2.05. The maximum absolute atomic E-state index is 6.04. The molecule has 1 aromatic carbocycles. The molecule has 18 heavy (non-hydrogen) atoms. The third-order valence-electron chi connectivity index (χ3n) is 2.93. The summed E-state index contributed by atoms with van der Waals surface area (Å²) in [5.41, 5.74) is 9.07. The van der Waals surface area contributed by atoms with Gasteiger partial charge in [-0.25, -0.2) is 0 Å². The third kappa shape index (κ3) is 1.99. The van der Waals surface area contributed by atoms with Gasteiger partial charge in [-0.05, 0) is 39.7 Å². The summed E-state index contributed by atoms with van der Waals surface area (Å²) >= 11 is 3.43. The minimum absolute atomic E-state index is 0.768. The molecule has 0 atom stereocenters. The molecule has 90 valence electrons. The van der Waals surface area contributed by atoms with Crippen LogP contribution in [0.1, 0.15) is 5.56 Å². The number of benzene rings is 1. The first-order valence-corrected chi connectivity index (χ1v) is 6.46. The Morgan fingerprint density at radius 3 is 2.94 bits per heavy atom. The van der Waals surface area contributed by atoms with Gasteiger partial charge in [0.15, 0.2) is 0 Å². The van der Waals surface area contributed by atoms with Gasteiger partial charge in [0.2, 0.25) is 0 Å². The van der Waals surface area contributed by atoms with E-state index in [9.17, 15) is 0 Å². The van der Waals surface area contributed by atoms with E-state index in [1.165, 1.54) is 0 Å². The van der Waals surface area contributed by atoms with Crippen LogP contribution in [0.4, 0.5) is 5.69 Å². The average molecular weight is 302 g/mol. The topological polar surface area (TPSA) is 43.8 Å². The van der Waals surface area contributed by atoms with E-state index in [0.29, 0.717) is 0 Å². The van der Waals surface area contributed by atoms with Crippen LogP contribution in [0.25, 0.3) is 10.9 Å². The molecule has 0 aliphatic carbocycles. The molecule has 2 aromatic heterocycles. The lowest BCUT2D eigenvalue weighted by Crippen LogP contribution is -2.00. The summed E-state index contributed by atoms with van der Waals surface area (Å²) < 4.78 is 3.14. The van der Waals surface area contributed by atoms with Gasteiger partial charge in [0, 0.05) is 35.0 Å². The van der Waals surface area contributed by atoms with Crippen LogP contribution in [-0.4, -0.2) is 9.55 Å². The van der Waals surface area contributed by atoms with Crippen molar-refractivity contribution in [1.29, 1.82) is 0 Å². The predicted molar refractivity (Wildman–Crippen MR) is 77.4 cm³/mol. The van der Waals surface area contributed by atoms with Crippen LogP contribution in [0.3, 0.4) is 0 Å². The van der Waals surface area contributed by atoms with Gasteiger partial charge >= 0.3 is 0 Å². The van der Waals surface area contributed by atoms with Crippen molar-refractivity contribution >= 4 is 32.5 Å². The van der Waals surface area contributed by atoms with Crippen molar-refractivity contribution < 1.29 is 0 Å². The molecule has 0 unspecified atom stereocenters. The quantitative estimate of drug-likeness (QED) is 0.737. The van der Waals surface area contributed by atoms with E-state index in [0.717, 1.165) is 33.2 Å². The summed E-state index contributed by atoms with van der Waals surface area (Å²) in [6, 6.07) is 10.1. The number of aromatic nitrogens is 2. The van der Waals surface area contributed by atoms with Crippen LogP contribution >= 0.6 is 15.9 Å². The maximum atomic E-state index is 6.04. The number of nitrogen functional groups attached to an aromatic ring is 1. The molecule has 0 saturated heterocycles. The Kier molecular flexibility index (Phi) is 2.80. The van der Waals surface area contributed by atoms with E-state index >= 15 is 0 Å². The van der Waals surface area contributed by atoms with E-state index < -0.39 is 0 Å². The van der Waals surface area contributed by atoms with Crippen molar-refractivity contribution in [2.24, 2.45) is 0 Å². The zero-order valence-electron chi connectivity index (χ0n) is 9.68. The first kappa shape index (κ1) is 11.3. The normalized spacial score (nSPS) is 10.9. The lowest BCUT2D eigenvalue weighted by Gasteiger charge is -2.07. The Morgan fingerprint density at radius 1 is 1.22 bits per heavy atom. The van der Waals surface area contributed by atoms with Crippen molar-refractivity contribution in [3.8, 4) is 0 Å². The zero-order valence-corrected chi connectivity index (χ0v) is 11.3. The Balaban J connectivity index is 2.05. The zero-order chi connectivity index (χ0) is 12.5. The second kappa shape index (κ2) is 4.46. The number of hydrogen-bond acceptors (Lipinski definition) is 2. The molecule has 3 aromatic rings. The number of pyridine rings is 1. The van der Waals surface area contributed by atoms with Gasteiger partial charge in [0.25, 0.3) is 0 Å². The highest BCUT2D eigenvalue weighted by atomic mass is 79.9. The molecule has 0 spiro atoms. The third-order valence-corrected chi connectivity index (χ3v) is 3.37. The van der Waals surface area contributed by atoms with Crippen molar-refractivity contribution in [1.82, 2.24) is 9.55 Å². The van der Waals surface area contributed by atoms with Crippen LogP contribution < -0.4 is 5.73 Å². The number of nitrogens with zero attached hydrogens (tertiary/aromatic N) is 2. The number of para-hydroxylation sites is 1. The number of rotatable bonds is 2. The van der Waals surface area contributed by atoms with Gasteiger partial charge in [0.05, 0.1) is 11.2 Å². The molecular weight excluding hydrogens is 290 g/mol. The fraction of sp³-hybridized carbons (Fsp3) is 0.0714. The molecule has 0 bridgehead atoms. The molecule has 0 amide bonds. The first-order chi connectivity index (χ1) is 8.74. The molecule has 2 heterocycles. The van der Waals surface area contributed by atoms with Crippen molar-refractivity contribution in [3.63, 3.8) is 0 Å². The average Bonchev–Trinajstić information content (AvgIpc) is 2.74. The molecule has 0 aliphatic heterocycles. The summed E-state index contributed by atoms with van der Waals surface area (Å²) in [6.07, 6.45) is 5.71. The van der Waals surface area contributed by atoms with E-state index in [1.807, 2.05) is 18.3 Å². The number of hydrogen-bond donors (Lipinski definition) is 1. The van der Waals surface area contributed by atoms with Gasteiger partial charge in [-0.3, -0.25) is 4.98 Å². The van der Waals surface area contributed by atoms with Crippen molar-refractivity contribution in [3.05, 3.63) is 59.0 Å². The van der Waals surface area contributed by atoms with Crippen LogP contribution in [0.5, 0.6) is 0 Å². The maximum Gasteiger partial charge on any atom is 0.0716 e. The number of halogens is 1. The lowest BCUT2D eigenvalue weighted by molar-refractivity contribution is 0.831. The Labute approximate surface area is 113 Å².